The highest BCUT2D eigenvalue weighted by Crippen LogP contribution is 2.26. The van der Waals surface area contributed by atoms with E-state index in [1.807, 2.05) is 16.7 Å². The quantitative estimate of drug-likeness (QED) is 0.807. The zero-order valence-corrected chi connectivity index (χ0v) is 12.9. The molecule has 0 bridgehead atoms. The van der Waals surface area contributed by atoms with Gasteiger partial charge in [-0.15, -0.1) is 0 Å². The van der Waals surface area contributed by atoms with E-state index in [1.165, 1.54) is 24.3 Å². The van der Waals surface area contributed by atoms with Crippen LogP contribution in [-0.2, 0) is 4.79 Å². The van der Waals surface area contributed by atoms with Crippen molar-refractivity contribution in [2.45, 2.75) is 40.0 Å². The molecule has 0 aromatic carbocycles. The third-order valence-electron chi connectivity index (χ3n) is 3.71. The largest absolute Gasteiger partial charge is 0.342 e. The van der Waals surface area contributed by atoms with E-state index in [1.54, 1.807) is 0 Å². The van der Waals surface area contributed by atoms with Gasteiger partial charge in [0, 0.05) is 19.5 Å². The van der Waals surface area contributed by atoms with Crippen LogP contribution in [0.15, 0.2) is 0 Å². The third-order valence-corrected chi connectivity index (χ3v) is 4.76. The summed E-state index contributed by atoms with van der Waals surface area (Å²) in [4.78, 5) is 14.3. The van der Waals surface area contributed by atoms with Crippen LogP contribution in [0.1, 0.15) is 40.0 Å². The Labute approximate surface area is 116 Å². The molecular weight excluding hydrogens is 244 g/mol. The number of nitrogens with two attached hydrogens (primary N) is 1. The van der Waals surface area contributed by atoms with Gasteiger partial charge in [-0.05, 0) is 49.1 Å². The number of carbonyl (C=O) groups is 1. The SMILES string of the molecule is CCN(CC(C)(C)CN)C(=O)CC1CCSCC1. The van der Waals surface area contributed by atoms with E-state index < -0.39 is 0 Å². The van der Waals surface area contributed by atoms with Crippen LogP contribution in [0.5, 0.6) is 0 Å². The highest BCUT2D eigenvalue weighted by molar-refractivity contribution is 7.99. The van der Waals surface area contributed by atoms with Crippen LogP contribution < -0.4 is 5.73 Å². The lowest BCUT2D eigenvalue weighted by atomic mass is 9.92. The van der Waals surface area contributed by atoms with E-state index in [-0.39, 0.29) is 5.41 Å². The number of thioether (sulfide) groups is 1. The second-order valence-electron chi connectivity index (χ2n) is 6.04. The summed E-state index contributed by atoms with van der Waals surface area (Å²) in [6.07, 6.45) is 3.14. The van der Waals surface area contributed by atoms with Crippen LogP contribution in [0, 0.1) is 11.3 Å². The Morgan fingerprint density at radius 3 is 2.50 bits per heavy atom. The molecular formula is C14H28N2OS. The monoisotopic (exact) mass is 272 g/mol. The van der Waals surface area contributed by atoms with Gasteiger partial charge in [0.25, 0.3) is 0 Å². The summed E-state index contributed by atoms with van der Waals surface area (Å²) in [5, 5.41) is 0. The van der Waals surface area contributed by atoms with E-state index in [0.29, 0.717) is 18.4 Å². The average molecular weight is 272 g/mol. The van der Waals surface area contributed by atoms with E-state index >= 15 is 0 Å². The van der Waals surface area contributed by atoms with Crippen molar-refractivity contribution in [2.24, 2.45) is 17.1 Å². The average Bonchev–Trinajstić information content (AvgIpc) is 2.37. The van der Waals surface area contributed by atoms with Crippen molar-refractivity contribution in [3.63, 3.8) is 0 Å². The molecule has 3 nitrogen and oxygen atoms in total. The standard InChI is InChI=1S/C14H28N2OS/c1-4-16(11-14(2,3)10-15)13(17)9-12-5-7-18-8-6-12/h12H,4-11,15H2,1-3H3. The molecule has 0 unspecified atom stereocenters. The van der Waals surface area contributed by atoms with Crippen molar-refractivity contribution in [3.8, 4) is 0 Å². The molecule has 0 aliphatic carbocycles. The lowest BCUT2D eigenvalue weighted by Gasteiger charge is -2.32. The second kappa shape index (κ2) is 7.39. The molecule has 1 rings (SSSR count). The summed E-state index contributed by atoms with van der Waals surface area (Å²) in [5.74, 6) is 3.36. The highest BCUT2D eigenvalue weighted by Gasteiger charge is 2.25. The van der Waals surface area contributed by atoms with E-state index in [4.69, 9.17) is 5.73 Å². The van der Waals surface area contributed by atoms with Gasteiger partial charge in [-0.3, -0.25) is 4.79 Å². The predicted molar refractivity (Wildman–Crippen MR) is 79.8 cm³/mol. The van der Waals surface area contributed by atoms with Gasteiger partial charge >= 0.3 is 0 Å². The molecule has 1 fully saturated rings. The zero-order valence-electron chi connectivity index (χ0n) is 12.1. The maximum atomic E-state index is 12.3. The normalized spacial score (nSPS) is 17.8. The van der Waals surface area contributed by atoms with Gasteiger partial charge in [0.15, 0.2) is 0 Å². The Balaban J connectivity index is 2.45. The number of hydrogen-bond acceptors (Lipinski definition) is 3. The second-order valence-corrected chi connectivity index (χ2v) is 7.26. The molecule has 0 atom stereocenters. The summed E-state index contributed by atoms with van der Waals surface area (Å²) < 4.78 is 0. The molecule has 106 valence electrons. The molecule has 4 heteroatoms. The molecule has 1 aliphatic rings. The minimum Gasteiger partial charge on any atom is -0.342 e. The Morgan fingerprint density at radius 1 is 1.39 bits per heavy atom. The lowest BCUT2D eigenvalue weighted by Crippen LogP contribution is -2.42. The van der Waals surface area contributed by atoms with Gasteiger partial charge in [0.05, 0.1) is 0 Å². The zero-order chi connectivity index (χ0) is 13.6. The molecule has 18 heavy (non-hydrogen) atoms. The Morgan fingerprint density at radius 2 is 2.00 bits per heavy atom. The van der Waals surface area contributed by atoms with Gasteiger partial charge < -0.3 is 10.6 Å². The van der Waals surface area contributed by atoms with Gasteiger partial charge in [0.1, 0.15) is 0 Å². The predicted octanol–water partition coefficient (Wildman–Crippen LogP) is 2.35. The topological polar surface area (TPSA) is 46.3 Å². The van der Waals surface area contributed by atoms with Gasteiger partial charge in [-0.1, -0.05) is 13.8 Å². The van der Waals surface area contributed by atoms with Crippen LogP contribution in [0.25, 0.3) is 0 Å². The molecule has 1 saturated heterocycles. The fraction of sp³-hybridized carbons (Fsp3) is 0.929. The Kier molecular flexibility index (Phi) is 6.50. The summed E-state index contributed by atoms with van der Waals surface area (Å²) in [5.41, 5.74) is 5.77. The van der Waals surface area contributed by atoms with Crippen LogP contribution in [0.3, 0.4) is 0 Å². The van der Waals surface area contributed by atoms with E-state index in [0.717, 1.165) is 19.5 Å². The third kappa shape index (κ3) is 5.19. The molecule has 1 amide bonds. The fourth-order valence-corrected chi connectivity index (χ4v) is 3.49. The van der Waals surface area contributed by atoms with E-state index in [2.05, 4.69) is 20.8 Å². The first-order valence-electron chi connectivity index (χ1n) is 7.04. The molecule has 1 heterocycles. The van der Waals surface area contributed by atoms with Gasteiger partial charge in [-0.2, -0.15) is 11.8 Å². The fourth-order valence-electron chi connectivity index (χ4n) is 2.28. The minimum atomic E-state index is 0.0219. The van der Waals surface area contributed by atoms with E-state index in [9.17, 15) is 4.79 Å². The first-order valence-corrected chi connectivity index (χ1v) is 8.19. The summed E-state index contributed by atoms with van der Waals surface area (Å²) >= 11 is 2.01. The summed E-state index contributed by atoms with van der Waals surface area (Å²) in [6.45, 7) is 8.50. The molecule has 0 aromatic heterocycles. The van der Waals surface area contributed by atoms with Crippen molar-refractivity contribution >= 4 is 17.7 Å². The number of carbonyl (C=O) groups excluding carboxylic acids is 1. The van der Waals surface area contributed by atoms with Crippen LogP contribution in [-0.4, -0.2) is 41.9 Å². The molecule has 0 saturated carbocycles. The highest BCUT2D eigenvalue weighted by atomic mass is 32.2. The first kappa shape index (κ1) is 15.8. The van der Waals surface area contributed by atoms with Crippen molar-refractivity contribution in [2.75, 3.05) is 31.1 Å². The molecule has 0 spiro atoms. The summed E-state index contributed by atoms with van der Waals surface area (Å²) in [6, 6.07) is 0. The summed E-state index contributed by atoms with van der Waals surface area (Å²) in [7, 11) is 0. The van der Waals surface area contributed by atoms with Crippen LogP contribution in [0.2, 0.25) is 0 Å². The van der Waals surface area contributed by atoms with Crippen LogP contribution in [0.4, 0.5) is 0 Å². The van der Waals surface area contributed by atoms with Crippen molar-refractivity contribution < 1.29 is 4.79 Å². The smallest absolute Gasteiger partial charge is 0.222 e. The number of nitrogens with zero attached hydrogens (tertiary/aromatic N) is 1. The number of hydrogen-bond donors (Lipinski definition) is 1. The minimum absolute atomic E-state index is 0.0219. The first-order chi connectivity index (χ1) is 8.48. The van der Waals surface area contributed by atoms with Crippen LogP contribution >= 0.6 is 11.8 Å². The lowest BCUT2D eigenvalue weighted by molar-refractivity contribution is -0.133. The molecule has 0 radical (unpaired) electrons. The molecule has 0 aromatic rings. The Hall–Kier alpha value is -0.220. The van der Waals surface area contributed by atoms with Crippen molar-refractivity contribution in [1.29, 1.82) is 0 Å². The number of amides is 1. The number of rotatable bonds is 6. The van der Waals surface area contributed by atoms with Gasteiger partial charge in [0.2, 0.25) is 5.91 Å². The Bertz CT molecular complexity index is 263. The molecule has 2 N–H and O–H groups in total. The molecule has 1 aliphatic heterocycles. The van der Waals surface area contributed by atoms with Crippen molar-refractivity contribution in [1.82, 2.24) is 4.90 Å². The van der Waals surface area contributed by atoms with Gasteiger partial charge in [-0.25, -0.2) is 0 Å². The maximum Gasteiger partial charge on any atom is 0.222 e. The van der Waals surface area contributed by atoms with Crippen molar-refractivity contribution in [3.05, 3.63) is 0 Å². The maximum absolute atomic E-state index is 12.3.